The van der Waals surface area contributed by atoms with Gasteiger partial charge in [-0.2, -0.15) is 10.4 Å². The van der Waals surface area contributed by atoms with Gasteiger partial charge in [0.05, 0.1) is 11.4 Å². The zero-order valence-electron chi connectivity index (χ0n) is 10.9. The Balaban J connectivity index is 2.65. The molecule has 1 aromatic carbocycles. The summed E-state index contributed by atoms with van der Waals surface area (Å²) in [6.45, 7) is 6.03. The monoisotopic (exact) mass is 240 g/mol. The van der Waals surface area contributed by atoms with E-state index in [1.54, 1.807) is 4.68 Å². The second-order valence-electron chi connectivity index (χ2n) is 4.37. The third kappa shape index (κ3) is 1.84. The van der Waals surface area contributed by atoms with Crippen molar-refractivity contribution in [2.45, 2.75) is 27.2 Å². The Morgan fingerprint density at radius 2 is 2.11 bits per heavy atom. The molecule has 1 aromatic heterocycles. The predicted molar refractivity (Wildman–Crippen MR) is 71.5 cm³/mol. The first-order valence-electron chi connectivity index (χ1n) is 5.93. The SMILES string of the molecule is CCc1nn(-c2ccc(C)cc2C)c(N)c1C#N. The maximum absolute atomic E-state index is 9.12. The zero-order chi connectivity index (χ0) is 13.3. The van der Waals surface area contributed by atoms with Gasteiger partial charge >= 0.3 is 0 Å². The van der Waals surface area contributed by atoms with Gasteiger partial charge in [-0.3, -0.25) is 0 Å². The lowest BCUT2D eigenvalue weighted by Gasteiger charge is -2.08. The van der Waals surface area contributed by atoms with E-state index in [-0.39, 0.29) is 0 Å². The van der Waals surface area contributed by atoms with Gasteiger partial charge in [0.15, 0.2) is 0 Å². The van der Waals surface area contributed by atoms with Gasteiger partial charge in [0, 0.05) is 0 Å². The number of hydrogen-bond acceptors (Lipinski definition) is 3. The van der Waals surface area contributed by atoms with Crippen LogP contribution in [0.3, 0.4) is 0 Å². The lowest BCUT2D eigenvalue weighted by molar-refractivity contribution is 0.843. The minimum Gasteiger partial charge on any atom is -0.382 e. The summed E-state index contributed by atoms with van der Waals surface area (Å²) in [6.07, 6.45) is 0.699. The molecule has 18 heavy (non-hydrogen) atoms. The van der Waals surface area contributed by atoms with Crippen molar-refractivity contribution < 1.29 is 0 Å². The van der Waals surface area contributed by atoms with E-state index in [0.717, 1.165) is 16.9 Å². The summed E-state index contributed by atoms with van der Waals surface area (Å²) in [6, 6.07) is 8.20. The molecule has 0 saturated heterocycles. The Morgan fingerprint density at radius 1 is 1.39 bits per heavy atom. The van der Waals surface area contributed by atoms with Crippen LogP contribution >= 0.6 is 0 Å². The summed E-state index contributed by atoms with van der Waals surface area (Å²) in [7, 11) is 0. The highest BCUT2D eigenvalue weighted by molar-refractivity contribution is 5.57. The molecule has 0 fully saturated rings. The third-order valence-corrected chi connectivity index (χ3v) is 3.02. The molecule has 0 aliphatic carbocycles. The molecule has 1 heterocycles. The largest absolute Gasteiger partial charge is 0.382 e. The molecule has 2 rings (SSSR count). The van der Waals surface area contributed by atoms with Gasteiger partial charge in [-0.1, -0.05) is 24.6 Å². The number of nitriles is 1. The standard InChI is InChI=1S/C14H16N4/c1-4-12-11(8-15)14(16)18(17-12)13-6-5-9(2)7-10(13)3/h5-7H,4,16H2,1-3H3. The average Bonchev–Trinajstić information content (AvgIpc) is 2.66. The lowest BCUT2D eigenvalue weighted by atomic mass is 10.1. The van der Waals surface area contributed by atoms with Gasteiger partial charge in [-0.15, -0.1) is 0 Å². The van der Waals surface area contributed by atoms with Crippen molar-refractivity contribution in [3.63, 3.8) is 0 Å². The number of nitrogens with two attached hydrogens (primary N) is 1. The molecule has 0 unspecified atom stereocenters. The van der Waals surface area contributed by atoms with E-state index in [2.05, 4.69) is 17.2 Å². The molecule has 0 atom stereocenters. The van der Waals surface area contributed by atoms with E-state index in [0.29, 0.717) is 17.8 Å². The summed E-state index contributed by atoms with van der Waals surface area (Å²) in [4.78, 5) is 0. The smallest absolute Gasteiger partial charge is 0.145 e. The number of benzene rings is 1. The summed E-state index contributed by atoms with van der Waals surface area (Å²) in [5.41, 5.74) is 10.4. The molecule has 0 spiro atoms. The van der Waals surface area contributed by atoms with Gasteiger partial charge in [0.2, 0.25) is 0 Å². The molecule has 4 heteroatoms. The second-order valence-corrected chi connectivity index (χ2v) is 4.37. The van der Waals surface area contributed by atoms with E-state index in [1.807, 2.05) is 32.9 Å². The van der Waals surface area contributed by atoms with Gasteiger partial charge in [-0.05, 0) is 31.9 Å². The molecule has 4 nitrogen and oxygen atoms in total. The first-order chi connectivity index (χ1) is 8.58. The fourth-order valence-corrected chi connectivity index (χ4v) is 2.07. The Labute approximate surface area is 107 Å². The molecule has 0 aliphatic rings. The highest BCUT2D eigenvalue weighted by Gasteiger charge is 2.15. The van der Waals surface area contributed by atoms with Gasteiger partial charge in [0.25, 0.3) is 0 Å². The molecule has 0 amide bonds. The Hall–Kier alpha value is -2.28. The van der Waals surface area contributed by atoms with Crippen LogP contribution in [0, 0.1) is 25.2 Å². The number of hydrogen-bond donors (Lipinski definition) is 1. The Morgan fingerprint density at radius 3 is 2.61 bits per heavy atom. The molecule has 0 bridgehead atoms. The van der Waals surface area contributed by atoms with E-state index in [4.69, 9.17) is 11.0 Å². The van der Waals surface area contributed by atoms with E-state index in [9.17, 15) is 0 Å². The zero-order valence-corrected chi connectivity index (χ0v) is 10.9. The van der Waals surface area contributed by atoms with Crippen LogP contribution < -0.4 is 5.73 Å². The quantitative estimate of drug-likeness (QED) is 0.877. The minimum atomic E-state index is 0.418. The number of anilines is 1. The summed E-state index contributed by atoms with van der Waals surface area (Å²) >= 11 is 0. The van der Waals surface area contributed by atoms with Crippen LogP contribution in [-0.2, 0) is 6.42 Å². The van der Waals surface area contributed by atoms with Gasteiger partial charge in [0.1, 0.15) is 17.5 Å². The first kappa shape index (κ1) is 12.2. The molecule has 2 aromatic rings. The number of nitrogen functional groups attached to an aromatic ring is 1. The normalized spacial score (nSPS) is 10.3. The van der Waals surface area contributed by atoms with Crippen molar-refractivity contribution in [2.24, 2.45) is 0 Å². The van der Waals surface area contributed by atoms with E-state index < -0.39 is 0 Å². The Kier molecular flexibility index (Phi) is 3.07. The maximum atomic E-state index is 9.12. The van der Waals surface area contributed by atoms with Crippen LogP contribution in [0.4, 0.5) is 5.82 Å². The van der Waals surface area contributed by atoms with Crippen LogP contribution in [0.25, 0.3) is 5.69 Å². The van der Waals surface area contributed by atoms with Gasteiger partial charge < -0.3 is 5.73 Å². The fraction of sp³-hybridized carbons (Fsp3) is 0.286. The summed E-state index contributed by atoms with van der Waals surface area (Å²) in [5.74, 6) is 0.418. The van der Waals surface area contributed by atoms with Crippen molar-refractivity contribution in [1.29, 1.82) is 5.26 Å². The van der Waals surface area contributed by atoms with Crippen LogP contribution in [0.1, 0.15) is 29.3 Å². The van der Waals surface area contributed by atoms with Gasteiger partial charge in [-0.25, -0.2) is 4.68 Å². The molecule has 0 saturated carbocycles. The summed E-state index contributed by atoms with van der Waals surface area (Å²) in [5, 5.41) is 13.5. The number of aromatic nitrogens is 2. The Bertz CT molecular complexity index is 632. The predicted octanol–water partition coefficient (Wildman–Crippen LogP) is 2.51. The fourth-order valence-electron chi connectivity index (χ4n) is 2.07. The molecular weight excluding hydrogens is 224 g/mol. The van der Waals surface area contributed by atoms with Crippen molar-refractivity contribution in [1.82, 2.24) is 9.78 Å². The average molecular weight is 240 g/mol. The maximum Gasteiger partial charge on any atom is 0.145 e. The highest BCUT2D eigenvalue weighted by atomic mass is 15.3. The minimum absolute atomic E-state index is 0.418. The molecule has 0 radical (unpaired) electrons. The topological polar surface area (TPSA) is 67.6 Å². The van der Waals surface area contributed by atoms with Crippen molar-refractivity contribution in [2.75, 3.05) is 5.73 Å². The third-order valence-electron chi connectivity index (χ3n) is 3.02. The van der Waals surface area contributed by atoms with Crippen LogP contribution in [0.2, 0.25) is 0 Å². The number of nitrogens with zero attached hydrogens (tertiary/aromatic N) is 3. The van der Waals surface area contributed by atoms with Crippen LogP contribution in [0.5, 0.6) is 0 Å². The van der Waals surface area contributed by atoms with Crippen molar-refractivity contribution >= 4 is 5.82 Å². The molecule has 92 valence electrons. The van der Waals surface area contributed by atoms with E-state index in [1.165, 1.54) is 5.56 Å². The van der Waals surface area contributed by atoms with E-state index >= 15 is 0 Å². The summed E-state index contributed by atoms with van der Waals surface area (Å²) < 4.78 is 1.66. The lowest BCUT2D eigenvalue weighted by Crippen LogP contribution is -2.04. The van der Waals surface area contributed by atoms with Crippen molar-refractivity contribution in [3.8, 4) is 11.8 Å². The number of rotatable bonds is 2. The van der Waals surface area contributed by atoms with Crippen LogP contribution in [0.15, 0.2) is 18.2 Å². The molecule has 0 aliphatic heterocycles. The van der Waals surface area contributed by atoms with Crippen LogP contribution in [-0.4, -0.2) is 9.78 Å². The first-order valence-corrected chi connectivity index (χ1v) is 5.93. The number of aryl methyl sites for hydroxylation is 3. The highest BCUT2D eigenvalue weighted by Crippen LogP contribution is 2.23. The molecule has 2 N–H and O–H groups in total. The second kappa shape index (κ2) is 4.53. The molecular formula is C14H16N4. The van der Waals surface area contributed by atoms with Crippen molar-refractivity contribution in [3.05, 3.63) is 40.6 Å².